The summed E-state index contributed by atoms with van der Waals surface area (Å²) in [5.74, 6) is 0.543. The molecule has 0 radical (unpaired) electrons. The summed E-state index contributed by atoms with van der Waals surface area (Å²) in [7, 11) is 0. The second kappa shape index (κ2) is 8.05. The van der Waals surface area contributed by atoms with Crippen molar-refractivity contribution in [3.05, 3.63) is 45.2 Å². The number of nitrogens with zero attached hydrogens (tertiary/aromatic N) is 4. The predicted octanol–water partition coefficient (Wildman–Crippen LogP) is 3.30. The number of aromatic nitrogens is 2. The molecule has 4 rings (SSSR count). The van der Waals surface area contributed by atoms with E-state index in [0.717, 1.165) is 38.8 Å². The first-order valence-electron chi connectivity index (χ1n) is 9.62. The molecule has 0 atom stereocenters. The van der Waals surface area contributed by atoms with Crippen molar-refractivity contribution in [2.75, 3.05) is 24.5 Å². The van der Waals surface area contributed by atoms with Gasteiger partial charge in [0.25, 0.3) is 11.5 Å². The van der Waals surface area contributed by atoms with Crippen molar-refractivity contribution in [3.8, 4) is 0 Å². The Balaban J connectivity index is 1.81. The summed E-state index contributed by atoms with van der Waals surface area (Å²) in [6.45, 7) is 4.44. The number of carbonyl (C=O) groups is 1. The minimum Gasteiger partial charge on any atom is -0.356 e. The Morgan fingerprint density at radius 3 is 2.79 bits per heavy atom. The first kappa shape index (κ1) is 19.1. The fourth-order valence-corrected chi connectivity index (χ4v) is 4.82. The van der Waals surface area contributed by atoms with Crippen molar-refractivity contribution >= 4 is 51.7 Å². The van der Waals surface area contributed by atoms with Crippen LogP contribution in [0.1, 0.15) is 38.2 Å². The van der Waals surface area contributed by atoms with E-state index in [1.165, 1.54) is 16.2 Å². The lowest BCUT2D eigenvalue weighted by Gasteiger charge is -2.19. The lowest BCUT2D eigenvalue weighted by molar-refractivity contribution is -0.122. The van der Waals surface area contributed by atoms with Crippen molar-refractivity contribution in [3.63, 3.8) is 0 Å². The van der Waals surface area contributed by atoms with Gasteiger partial charge in [-0.3, -0.25) is 18.9 Å². The number of amides is 1. The molecule has 8 heteroatoms. The Morgan fingerprint density at radius 2 is 2.04 bits per heavy atom. The van der Waals surface area contributed by atoms with Gasteiger partial charge < -0.3 is 4.90 Å². The number of pyridine rings is 1. The molecular weight excluding hydrogens is 392 g/mol. The first-order chi connectivity index (χ1) is 13.6. The Hall–Kier alpha value is -2.19. The highest BCUT2D eigenvalue weighted by atomic mass is 32.2. The van der Waals surface area contributed by atoms with Crippen LogP contribution in [0.3, 0.4) is 0 Å². The molecule has 0 aromatic carbocycles. The van der Waals surface area contributed by atoms with Gasteiger partial charge >= 0.3 is 0 Å². The van der Waals surface area contributed by atoms with Crippen LogP contribution < -0.4 is 10.5 Å². The van der Waals surface area contributed by atoms with Crippen LogP contribution in [0.25, 0.3) is 11.7 Å². The molecule has 0 bridgehead atoms. The molecule has 2 aliphatic rings. The second-order valence-electron chi connectivity index (χ2n) is 6.96. The van der Waals surface area contributed by atoms with Crippen molar-refractivity contribution in [1.82, 2.24) is 14.3 Å². The van der Waals surface area contributed by atoms with Crippen LogP contribution in [-0.2, 0) is 4.79 Å². The van der Waals surface area contributed by atoms with E-state index >= 15 is 0 Å². The van der Waals surface area contributed by atoms with Crippen molar-refractivity contribution < 1.29 is 4.79 Å². The minimum absolute atomic E-state index is 0.117. The Kier molecular flexibility index (Phi) is 5.50. The van der Waals surface area contributed by atoms with Crippen molar-refractivity contribution in [2.24, 2.45) is 0 Å². The summed E-state index contributed by atoms with van der Waals surface area (Å²) in [5, 5.41) is 0. The van der Waals surface area contributed by atoms with Gasteiger partial charge in [0.1, 0.15) is 15.8 Å². The maximum atomic E-state index is 13.2. The topological polar surface area (TPSA) is 57.9 Å². The van der Waals surface area contributed by atoms with Crippen LogP contribution in [0, 0.1) is 0 Å². The Bertz CT molecular complexity index is 1020. The van der Waals surface area contributed by atoms with E-state index in [0.29, 0.717) is 32.8 Å². The molecule has 1 amide bonds. The molecule has 2 fully saturated rings. The first-order valence-corrected chi connectivity index (χ1v) is 10.8. The van der Waals surface area contributed by atoms with E-state index < -0.39 is 0 Å². The predicted molar refractivity (Wildman–Crippen MR) is 118 cm³/mol. The molecule has 0 N–H and O–H groups in total. The number of rotatable bonds is 5. The van der Waals surface area contributed by atoms with Crippen LogP contribution >= 0.6 is 24.0 Å². The van der Waals surface area contributed by atoms with Crippen LogP contribution in [0.4, 0.5) is 5.82 Å². The molecule has 2 aromatic heterocycles. The lowest BCUT2D eigenvalue weighted by atomic mass is 10.2. The SMILES string of the molecule is CCCCN1C(=O)/C(=C/c2c(N3CCCC3)nc3ccccn3c2=O)SC1=S. The van der Waals surface area contributed by atoms with E-state index in [9.17, 15) is 9.59 Å². The third kappa shape index (κ3) is 3.46. The standard InChI is InChI=1S/C20H22N4O2S2/c1-2-3-11-24-19(26)15(28-20(24)27)13-14-17(22-9-6-7-10-22)21-16-8-4-5-12-23(16)18(14)25/h4-5,8,12-13H,2-3,6-7,9-11H2,1H3/b15-13-. The number of thioether (sulfide) groups is 1. The highest BCUT2D eigenvalue weighted by molar-refractivity contribution is 8.26. The monoisotopic (exact) mass is 414 g/mol. The van der Waals surface area contributed by atoms with Gasteiger partial charge in [-0.15, -0.1) is 0 Å². The molecule has 146 valence electrons. The van der Waals surface area contributed by atoms with E-state index in [1.54, 1.807) is 23.2 Å². The van der Waals surface area contributed by atoms with E-state index in [-0.39, 0.29) is 11.5 Å². The summed E-state index contributed by atoms with van der Waals surface area (Å²) in [6.07, 6.45) is 7.45. The summed E-state index contributed by atoms with van der Waals surface area (Å²) in [6, 6.07) is 5.50. The van der Waals surface area contributed by atoms with E-state index in [2.05, 4.69) is 11.8 Å². The maximum absolute atomic E-state index is 13.2. The molecule has 0 spiro atoms. The van der Waals surface area contributed by atoms with Crippen LogP contribution in [-0.4, -0.2) is 44.1 Å². The number of anilines is 1. The number of hydrogen-bond donors (Lipinski definition) is 0. The molecule has 0 saturated carbocycles. The fourth-order valence-electron chi connectivity index (χ4n) is 3.53. The molecular formula is C20H22N4O2S2. The van der Waals surface area contributed by atoms with E-state index in [1.807, 2.05) is 12.1 Å². The largest absolute Gasteiger partial charge is 0.356 e. The number of carbonyl (C=O) groups excluding carboxylic acids is 1. The third-order valence-electron chi connectivity index (χ3n) is 5.04. The average Bonchev–Trinajstić information content (AvgIpc) is 3.32. The molecule has 4 heterocycles. The summed E-state index contributed by atoms with van der Waals surface area (Å²) in [5.41, 5.74) is 0.912. The summed E-state index contributed by atoms with van der Waals surface area (Å²) >= 11 is 6.66. The summed E-state index contributed by atoms with van der Waals surface area (Å²) in [4.78, 5) is 35.1. The normalized spacial score (nSPS) is 18.8. The van der Waals surface area contributed by atoms with Crippen LogP contribution in [0.15, 0.2) is 34.1 Å². The number of fused-ring (bicyclic) bond motifs is 1. The van der Waals surface area contributed by atoms with Gasteiger partial charge in [-0.2, -0.15) is 0 Å². The Labute approximate surface area is 173 Å². The molecule has 2 saturated heterocycles. The third-order valence-corrected chi connectivity index (χ3v) is 6.42. The van der Waals surface area contributed by atoms with Gasteiger partial charge in [0, 0.05) is 25.8 Å². The molecule has 28 heavy (non-hydrogen) atoms. The zero-order valence-electron chi connectivity index (χ0n) is 15.8. The fraction of sp³-hybridized carbons (Fsp3) is 0.400. The quantitative estimate of drug-likeness (QED) is 0.553. The lowest BCUT2D eigenvalue weighted by Crippen LogP contribution is -2.29. The molecule has 0 aliphatic carbocycles. The van der Waals surface area contributed by atoms with Gasteiger partial charge in [0.05, 0.1) is 10.5 Å². The highest BCUT2D eigenvalue weighted by Gasteiger charge is 2.32. The smallest absolute Gasteiger partial charge is 0.267 e. The minimum atomic E-state index is -0.161. The highest BCUT2D eigenvalue weighted by Crippen LogP contribution is 2.34. The average molecular weight is 415 g/mol. The van der Waals surface area contributed by atoms with Gasteiger partial charge in [0.15, 0.2) is 0 Å². The van der Waals surface area contributed by atoms with Gasteiger partial charge in [-0.1, -0.05) is 43.4 Å². The molecule has 2 aromatic rings. The van der Waals surface area contributed by atoms with E-state index in [4.69, 9.17) is 17.2 Å². The molecule has 0 unspecified atom stereocenters. The zero-order valence-corrected chi connectivity index (χ0v) is 17.4. The van der Waals surface area contributed by atoms with Crippen molar-refractivity contribution in [1.29, 1.82) is 0 Å². The zero-order chi connectivity index (χ0) is 19.7. The number of hydrogen-bond acceptors (Lipinski definition) is 6. The van der Waals surface area contributed by atoms with Crippen LogP contribution in [0.5, 0.6) is 0 Å². The van der Waals surface area contributed by atoms with Crippen molar-refractivity contribution in [2.45, 2.75) is 32.6 Å². The van der Waals surface area contributed by atoms with Crippen LogP contribution in [0.2, 0.25) is 0 Å². The van der Waals surface area contributed by atoms with Gasteiger partial charge in [0.2, 0.25) is 0 Å². The second-order valence-corrected chi connectivity index (χ2v) is 8.64. The maximum Gasteiger partial charge on any atom is 0.267 e. The number of thiocarbonyl (C=S) groups is 1. The molecule has 2 aliphatic heterocycles. The van der Waals surface area contributed by atoms with Gasteiger partial charge in [-0.05, 0) is 37.5 Å². The Morgan fingerprint density at radius 1 is 1.25 bits per heavy atom. The van der Waals surface area contributed by atoms with Gasteiger partial charge in [-0.25, -0.2) is 4.98 Å². The molecule has 6 nitrogen and oxygen atoms in total. The number of unbranched alkanes of at least 4 members (excludes halogenated alkanes) is 1. The summed E-state index contributed by atoms with van der Waals surface area (Å²) < 4.78 is 2.09.